The Bertz CT molecular complexity index is 734. The van der Waals surface area contributed by atoms with E-state index in [1.165, 1.54) is 11.3 Å². The van der Waals surface area contributed by atoms with Crippen molar-refractivity contribution in [3.63, 3.8) is 0 Å². The molecule has 6 heteroatoms. The maximum Gasteiger partial charge on any atom is 0.263 e. The minimum absolute atomic E-state index is 0.157. The fraction of sp³-hybridized carbons (Fsp3) is 0.143. The molecule has 0 bridgehead atoms. The molecule has 0 aliphatic heterocycles. The van der Waals surface area contributed by atoms with Crippen LogP contribution < -0.4 is 11.1 Å². The van der Waals surface area contributed by atoms with Crippen molar-refractivity contribution in [2.75, 3.05) is 12.3 Å². The predicted octanol–water partition coefficient (Wildman–Crippen LogP) is 2.44. The topological polar surface area (TPSA) is 81.2 Å². The maximum absolute atomic E-state index is 12.1. The van der Waals surface area contributed by atoms with Crippen LogP contribution in [0.2, 0.25) is 0 Å². The Hall–Kier alpha value is -2.34. The van der Waals surface area contributed by atoms with E-state index in [-0.39, 0.29) is 5.91 Å². The Morgan fingerprint density at radius 2 is 2.35 bits per heavy atom. The van der Waals surface area contributed by atoms with E-state index < -0.39 is 0 Å². The zero-order valence-corrected chi connectivity index (χ0v) is 11.4. The summed E-state index contributed by atoms with van der Waals surface area (Å²) in [6.45, 7) is 0.512. The number of carbonyl (C=O) groups is 1. The minimum atomic E-state index is -0.157. The van der Waals surface area contributed by atoms with Gasteiger partial charge in [-0.3, -0.25) is 9.78 Å². The molecule has 3 heterocycles. The van der Waals surface area contributed by atoms with Gasteiger partial charge >= 0.3 is 0 Å². The van der Waals surface area contributed by atoms with Crippen LogP contribution in [-0.2, 0) is 6.42 Å². The predicted molar refractivity (Wildman–Crippen MR) is 78.8 cm³/mol. The number of rotatable bonds is 4. The molecule has 0 aliphatic rings. The van der Waals surface area contributed by atoms with E-state index in [0.717, 1.165) is 15.8 Å². The number of hydrogen-bond donors (Lipinski definition) is 2. The van der Waals surface area contributed by atoms with E-state index in [1.807, 2.05) is 18.2 Å². The zero-order valence-electron chi connectivity index (χ0n) is 10.6. The number of carbonyl (C=O) groups excluding carboxylic acids is 1. The quantitative estimate of drug-likeness (QED) is 0.772. The summed E-state index contributed by atoms with van der Waals surface area (Å²) in [5.41, 5.74) is 6.53. The van der Waals surface area contributed by atoms with Crippen LogP contribution in [0.15, 0.2) is 41.3 Å². The van der Waals surface area contributed by atoms with Gasteiger partial charge in [-0.2, -0.15) is 0 Å². The monoisotopic (exact) mass is 287 g/mol. The fourth-order valence-electron chi connectivity index (χ4n) is 1.97. The van der Waals surface area contributed by atoms with Crippen LogP contribution in [0, 0.1) is 0 Å². The summed E-state index contributed by atoms with van der Waals surface area (Å²) in [6, 6.07) is 5.53. The number of nitrogens with zero attached hydrogens (tertiary/aromatic N) is 1. The molecule has 0 aliphatic carbocycles. The van der Waals surface area contributed by atoms with Crippen molar-refractivity contribution in [1.82, 2.24) is 10.3 Å². The Labute approximate surface area is 119 Å². The zero-order chi connectivity index (χ0) is 13.9. The highest BCUT2D eigenvalue weighted by Crippen LogP contribution is 2.32. The van der Waals surface area contributed by atoms with Crippen molar-refractivity contribution in [3.05, 3.63) is 47.5 Å². The number of aromatic nitrogens is 1. The number of nitrogens with one attached hydrogen (secondary N) is 1. The van der Waals surface area contributed by atoms with Gasteiger partial charge in [-0.15, -0.1) is 11.3 Å². The fourth-order valence-corrected chi connectivity index (χ4v) is 2.98. The normalized spacial score (nSPS) is 10.8. The number of thiophene rings is 1. The molecule has 3 aromatic heterocycles. The Kier molecular flexibility index (Phi) is 3.39. The molecule has 0 saturated carbocycles. The van der Waals surface area contributed by atoms with Crippen molar-refractivity contribution < 1.29 is 9.21 Å². The van der Waals surface area contributed by atoms with Crippen molar-refractivity contribution in [3.8, 4) is 0 Å². The van der Waals surface area contributed by atoms with E-state index in [1.54, 1.807) is 18.7 Å². The largest absolute Gasteiger partial charge is 0.469 e. The summed E-state index contributed by atoms with van der Waals surface area (Å²) >= 11 is 1.36. The second kappa shape index (κ2) is 5.34. The number of anilines is 1. The van der Waals surface area contributed by atoms with Gasteiger partial charge in [0.1, 0.15) is 10.6 Å². The molecule has 3 N–H and O–H groups in total. The highest BCUT2D eigenvalue weighted by molar-refractivity contribution is 7.21. The molecular weight excluding hydrogens is 274 g/mol. The molecule has 0 aromatic carbocycles. The van der Waals surface area contributed by atoms with Gasteiger partial charge in [-0.05, 0) is 18.2 Å². The van der Waals surface area contributed by atoms with Crippen molar-refractivity contribution in [2.45, 2.75) is 6.42 Å². The first kappa shape index (κ1) is 12.7. The SMILES string of the molecule is Nc1c(C(=O)NCCc2ccco2)sc2cnccc12. The number of fused-ring (bicyclic) bond motifs is 1. The van der Waals surface area contributed by atoms with E-state index in [9.17, 15) is 4.79 Å². The van der Waals surface area contributed by atoms with Gasteiger partial charge in [-0.25, -0.2) is 0 Å². The summed E-state index contributed by atoms with van der Waals surface area (Å²) < 4.78 is 6.13. The van der Waals surface area contributed by atoms with Gasteiger partial charge in [-0.1, -0.05) is 0 Å². The molecule has 0 spiro atoms. The third kappa shape index (κ3) is 2.37. The number of furan rings is 1. The molecular formula is C14H13N3O2S. The van der Waals surface area contributed by atoms with Gasteiger partial charge in [0.25, 0.3) is 5.91 Å². The summed E-state index contributed by atoms with van der Waals surface area (Å²) in [7, 11) is 0. The van der Waals surface area contributed by atoms with Gasteiger partial charge in [0.15, 0.2) is 0 Å². The van der Waals surface area contributed by atoms with E-state index in [2.05, 4.69) is 10.3 Å². The van der Waals surface area contributed by atoms with Gasteiger partial charge in [0, 0.05) is 30.7 Å². The first-order chi connectivity index (χ1) is 9.75. The average Bonchev–Trinajstić information content (AvgIpc) is 3.08. The molecule has 5 nitrogen and oxygen atoms in total. The lowest BCUT2D eigenvalue weighted by Gasteiger charge is -2.02. The van der Waals surface area contributed by atoms with Gasteiger partial charge < -0.3 is 15.5 Å². The molecule has 20 heavy (non-hydrogen) atoms. The number of nitrogen functional groups attached to an aromatic ring is 1. The summed E-state index contributed by atoms with van der Waals surface area (Å²) in [5.74, 6) is 0.689. The van der Waals surface area contributed by atoms with Gasteiger partial charge in [0.05, 0.1) is 16.7 Å². The minimum Gasteiger partial charge on any atom is -0.469 e. The van der Waals surface area contributed by atoms with Gasteiger partial charge in [0.2, 0.25) is 0 Å². The summed E-state index contributed by atoms with van der Waals surface area (Å²) in [5, 5.41) is 3.73. The second-order valence-corrected chi connectivity index (χ2v) is 5.35. The lowest BCUT2D eigenvalue weighted by molar-refractivity contribution is 0.0958. The van der Waals surface area contributed by atoms with Crippen LogP contribution in [0.3, 0.4) is 0 Å². The van der Waals surface area contributed by atoms with Crippen LogP contribution in [0.5, 0.6) is 0 Å². The molecule has 0 radical (unpaired) electrons. The van der Waals surface area contributed by atoms with Crippen LogP contribution in [0.1, 0.15) is 15.4 Å². The smallest absolute Gasteiger partial charge is 0.263 e. The Balaban J connectivity index is 1.71. The van der Waals surface area contributed by atoms with Crippen molar-refractivity contribution >= 4 is 33.0 Å². The Morgan fingerprint density at radius 3 is 3.10 bits per heavy atom. The molecule has 3 aromatic rings. The maximum atomic E-state index is 12.1. The first-order valence-electron chi connectivity index (χ1n) is 6.18. The third-order valence-electron chi connectivity index (χ3n) is 2.97. The third-order valence-corrected chi connectivity index (χ3v) is 4.13. The lowest BCUT2D eigenvalue weighted by atomic mass is 10.2. The first-order valence-corrected chi connectivity index (χ1v) is 7.00. The molecule has 0 unspecified atom stereocenters. The molecule has 3 rings (SSSR count). The Morgan fingerprint density at radius 1 is 1.45 bits per heavy atom. The van der Waals surface area contributed by atoms with E-state index in [4.69, 9.17) is 10.2 Å². The number of amides is 1. The van der Waals surface area contributed by atoms with E-state index in [0.29, 0.717) is 23.5 Å². The number of hydrogen-bond acceptors (Lipinski definition) is 5. The average molecular weight is 287 g/mol. The molecule has 0 saturated heterocycles. The highest BCUT2D eigenvalue weighted by Gasteiger charge is 2.15. The highest BCUT2D eigenvalue weighted by atomic mass is 32.1. The standard InChI is InChI=1S/C14H13N3O2S/c15-12-10-4-5-16-8-11(10)20-13(12)14(18)17-6-3-9-2-1-7-19-9/h1-2,4-5,7-8H,3,6,15H2,(H,17,18). The van der Waals surface area contributed by atoms with Crippen molar-refractivity contribution in [2.24, 2.45) is 0 Å². The lowest BCUT2D eigenvalue weighted by Crippen LogP contribution is -2.25. The summed E-state index contributed by atoms with van der Waals surface area (Å²) in [4.78, 5) is 16.7. The summed E-state index contributed by atoms with van der Waals surface area (Å²) in [6.07, 6.45) is 5.67. The van der Waals surface area contributed by atoms with Crippen LogP contribution in [0.4, 0.5) is 5.69 Å². The van der Waals surface area contributed by atoms with Crippen LogP contribution in [-0.4, -0.2) is 17.4 Å². The van der Waals surface area contributed by atoms with Crippen LogP contribution >= 0.6 is 11.3 Å². The van der Waals surface area contributed by atoms with Crippen molar-refractivity contribution in [1.29, 1.82) is 0 Å². The number of pyridine rings is 1. The molecule has 0 fully saturated rings. The number of nitrogens with two attached hydrogens (primary N) is 1. The van der Waals surface area contributed by atoms with E-state index >= 15 is 0 Å². The molecule has 0 atom stereocenters. The van der Waals surface area contributed by atoms with Crippen LogP contribution in [0.25, 0.3) is 10.1 Å². The second-order valence-electron chi connectivity index (χ2n) is 4.30. The molecule has 102 valence electrons. The molecule has 1 amide bonds.